The predicted octanol–water partition coefficient (Wildman–Crippen LogP) is 1.69. The monoisotopic (exact) mass is 222 g/mol. The molecule has 0 spiro atoms. The van der Waals surface area contributed by atoms with E-state index in [1.807, 2.05) is 0 Å². The smallest absolute Gasteiger partial charge is 0.272 e. The van der Waals surface area contributed by atoms with Crippen molar-refractivity contribution in [3.63, 3.8) is 0 Å². The SMILES string of the molecule is Nc1c(C(=O)Cl)ncc(O)c1C(F)F. The number of hydrogen-bond acceptors (Lipinski definition) is 4. The second kappa shape index (κ2) is 3.75. The van der Waals surface area contributed by atoms with Gasteiger partial charge in [0.2, 0.25) is 0 Å². The molecule has 0 aliphatic carbocycles. The summed E-state index contributed by atoms with van der Waals surface area (Å²) in [6, 6.07) is 0. The Balaban J connectivity index is 3.41. The molecule has 1 heterocycles. The molecule has 1 aromatic heterocycles. The van der Waals surface area contributed by atoms with Crippen molar-refractivity contribution < 1.29 is 18.7 Å². The third-order valence-corrected chi connectivity index (χ3v) is 1.72. The first-order valence-electron chi connectivity index (χ1n) is 3.40. The standard InChI is InChI=1S/C7H5ClF2N2O2/c8-6(14)5-4(11)3(7(9)10)2(13)1-12-5/h1,7,13H,11H2. The van der Waals surface area contributed by atoms with Crippen molar-refractivity contribution in [2.45, 2.75) is 6.43 Å². The molecule has 0 saturated carbocycles. The molecule has 1 aromatic rings. The maximum absolute atomic E-state index is 12.3. The summed E-state index contributed by atoms with van der Waals surface area (Å²) >= 11 is 5.03. The molecule has 0 unspecified atom stereocenters. The third-order valence-electron chi connectivity index (χ3n) is 1.54. The first-order valence-corrected chi connectivity index (χ1v) is 3.78. The Hall–Kier alpha value is -1.43. The molecule has 0 radical (unpaired) electrons. The van der Waals surface area contributed by atoms with Crippen molar-refractivity contribution in [2.75, 3.05) is 5.73 Å². The molecule has 0 saturated heterocycles. The fraction of sp³-hybridized carbons (Fsp3) is 0.143. The summed E-state index contributed by atoms with van der Waals surface area (Å²) in [5, 5.41) is 7.94. The van der Waals surface area contributed by atoms with Crippen LogP contribution in [-0.2, 0) is 0 Å². The molecule has 14 heavy (non-hydrogen) atoms. The first kappa shape index (κ1) is 10.6. The Labute approximate surface area is 82.3 Å². The summed E-state index contributed by atoms with van der Waals surface area (Å²) in [4.78, 5) is 14.0. The van der Waals surface area contributed by atoms with E-state index in [4.69, 9.17) is 22.4 Å². The van der Waals surface area contributed by atoms with E-state index in [1.165, 1.54) is 0 Å². The van der Waals surface area contributed by atoms with E-state index in [2.05, 4.69) is 4.98 Å². The number of nitrogen functional groups attached to an aromatic ring is 1. The number of rotatable bonds is 2. The lowest BCUT2D eigenvalue weighted by molar-refractivity contribution is 0.107. The minimum Gasteiger partial charge on any atom is -0.506 e. The largest absolute Gasteiger partial charge is 0.506 e. The Morgan fingerprint density at radius 1 is 1.64 bits per heavy atom. The molecule has 0 aliphatic rings. The van der Waals surface area contributed by atoms with E-state index < -0.39 is 34.4 Å². The van der Waals surface area contributed by atoms with Crippen LogP contribution >= 0.6 is 11.6 Å². The van der Waals surface area contributed by atoms with Gasteiger partial charge in [0.05, 0.1) is 17.4 Å². The number of alkyl halides is 2. The first-order chi connectivity index (χ1) is 6.45. The Bertz CT molecular complexity index is 384. The highest BCUT2D eigenvalue weighted by Crippen LogP contribution is 2.34. The molecule has 0 amide bonds. The van der Waals surface area contributed by atoms with Crippen molar-refractivity contribution in [3.05, 3.63) is 17.5 Å². The number of nitrogens with two attached hydrogens (primary N) is 1. The van der Waals surface area contributed by atoms with E-state index in [0.29, 0.717) is 6.20 Å². The molecule has 76 valence electrons. The van der Waals surface area contributed by atoms with E-state index in [1.54, 1.807) is 0 Å². The second-order valence-corrected chi connectivity index (χ2v) is 2.74. The normalized spacial score (nSPS) is 10.6. The molecule has 0 bridgehead atoms. The minimum absolute atomic E-state index is 0.486. The maximum atomic E-state index is 12.3. The Morgan fingerprint density at radius 3 is 2.64 bits per heavy atom. The van der Waals surface area contributed by atoms with Crippen LogP contribution in [0, 0.1) is 0 Å². The lowest BCUT2D eigenvalue weighted by Crippen LogP contribution is -2.05. The number of aromatic hydroxyl groups is 1. The summed E-state index contributed by atoms with van der Waals surface area (Å²) in [5.41, 5.74) is 3.27. The molecule has 4 nitrogen and oxygen atoms in total. The van der Waals surface area contributed by atoms with Crippen LogP contribution in [0.15, 0.2) is 6.20 Å². The van der Waals surface area contributed by atoms with Gasteiger partial charge in [-0.3, -0.25) is 4.79 Å². The van der Waals surface area contributed by atoms with Crippen LogP contribution in [0.5, 0.6) is 5.75 Å². The summed E-state index contributed by atoms with van der Waals surface area (Å²) in [6.45, 7) is 0. The van der Waals surface area contributed by atoms with Crippen molar-refractivity contribution in [1.82, 2.24) is 4.98 Å². The summed E-state index contributed by atoms with van der Waals surface area (Å²) in [6.07, 6.45) is -2.29. The fourth-order valence-electron chi connectivity index (χ4n) is 0.916. The summed E-state index contributed by atoms with van der Waals surface area (Å²) in [7, 11) is 0. The maximum Gasteiger partial charge on any atom is 0.272 e. The van der Waals surface area contributed by atoms with Gasteiger partial charge in [-0.15, -0.1) is 0 Å². The Morgan fingerprint density at radius 2 is 2.21 bits per heavy atom. The number of carbonyl (C=O) groups excluding carboxylic acids is 1. The van der Waals surface area contributed by atoms with Gasteiger partial charge >= 0.3 is 0 Å². The zero-order valence-corrected chi connectivity index (χ0v) is 7.42. The fourth-order valence-corrected chi connectivity index (χ4v) is 1.07. The molecule has 3 N–H and O–H groups in total. The number of pyridine rings is 1. The van der Waals surface area contributed by atoms with Crippen LogP contribution in [0.1, 0.15) is 22.5 Å². The number of anilines is 1. The summed E-state index contributed by atoms with van der Waals surface area (Å²) in [5.74, 6) is -0.765. The lowest BCUT2D eigenvalue weighted by atomic mass is 10.1. The van der Waals surface area contributed by atoms with Gasteiger partial charge in [0.1, 0.15) is 11.4 Å². The molecule has 0 aromatic carbocycles. The van der Waals surface area contributed by atoms with Crippen LogP contribution in [0.4, 0.5) is 14.5 Å². The average molecular weight is 223 g/mol. The Kier molecular flexibility index (Phi) is 2.85. The van der Waals surface area contributed by atoms with Gasteiger partial charge in [0.15, 0.2) is 0 Å². The van der Waals surface area contributed by atoms with Gasteiger partial charge in [-0.25, -0.2) is 13.8 Å². The van der Waals surface area contributed by atoms with Gasteiger partial charge in [0, 0.05) is 0 Å². The van der Waals surface area contributed by atoms with Gasteiger partial charge in [-0.05, 0) is 11.6 Å². The number of hydrogen-bond donors (Lipinski definition) is 2. The topological polar surface area (TPSA) is 76.2 Å². The molecule has 7 heteroatoms. The predicted molar refractivity (Wildman–Crippen MR) is 45.5 cm³/mol. The van der Waals surface area contributed by atoms with Crippen molar-refractivity contribution in [3.8, 4) is 5.75 Å². The van der Waals surface area contributed by atoms with Crippen LogP contribution in [0.25, 0.3) is 0 Å². The molecule has 0 fully saturated rings. The van der Waals surface area contributed by atoms with Gasteiger partial charge in [0.25, 0.3) is 11.7 Å². The highest BCUT2D eigenvalue weighted by molar-refractivity contribution is 6.68. The van der Waals surface area contributed by atoms with Crippen LogP contribution in [0.2, 0.25) is 0 Å². The molecule has 0 aliphatic heterocycles. The van der Waals surface area contributed by atoms with E-state index >= 15 is 0 Å². The van der Waals surface area contributed by atoms with Crippen molar-refractivity contribution >= 4 is 22.5 Å². The molecule has 0 atom stereocenters. The highest BCUT2D eigenvalue weighted by atomic mass is 35.5. The van der Waals surface area contributed by atoms with E-state index in [0.717, 1.165) is 0 Å². The number of carbonyl (C=O) groups is 1. The van der Waals surface area contributed by atoms with E-state index in [-0.39, 0.29) is 0 Å². The highest BCUT2D eigenvalue weighted by Gasteiger charge is 2.22. The number of aromatic nitrogens is 1. The van der Waals surface area contributed by atoms with Crippen LogP contribution < -0.4 is 5.73 Å². The van der Waals surface area contributed by atoms with Crippen LogP contribution in [-0.4, -0.2) is 15.3 Å². The number of nitrogens with zero attached hydrogens (tertiary/aromatic N) is 1. The van der Waals surface area contributed by atoms with Gasteiger partial charge in [-0.2, -0.15) is 0 Å². The van der Waals surface area contributed by atoms with Crippen LogP contribution in [0.3, 0.4) is 0 Å². The quantitative estimate of drug-likeness (QED) is 0.747. The van der Waals surface area contributed by atoms with Crippen molar-refractivity contribution in [1.29, 1.82) is 0 Å². The lowest BCUT2D eigenvalue weighted by Gasteiger charge is -2.08. The van der Waals surface area contributed by atoms with E-state index in [9.17, 15) is 13.6 Å². The molecular formula is C7H5ClF2N2O2. The van der Waals surface area contributed by atoms with Crippen molar-refractivity contribution in [2.24, 2.45) is 0 Å². The zero-order valence-electron chi connectivity index (χ0n) is 6.67. The zero-order chi connectivity index (χ0) is 10.9. The number of halogens is 3. The van der Waals surface area contributed by atoms with Gasteiger partial charge < -0.3 is 10.8 Å². The van der Waals surface area contributed by atoms with Gasteiger partial charge in [-0.1, -0.05) is 0 Å². The average Bonchev–Trinajstić information content (AvgIpc) is 2.02. The summed E-state index contributed by atoms with van der Waals surface area (Å²) < 4.78 is 24.6. The molecular weight excluding hydrogens is 218 g/mol. The third kappa shape index (κ3) is 1.74. The minimum atomic E-state index is -2.99. The molecule has 1 rings (SSSR count). The second-order valence-electron chi connectivity index (χ2n) is 2.39.